The molecule has 0 atom stereocenters. The maximum Gasteiger partial charge on any atom is 0.261 e. The molecule has 3 heterocycles. The molecule has 0 N–H and O–H groups in total. The summed E-state index contributed by atoms with van der Waals surface area (Å²) >= 11 is 0. The van der Waals surface area contributed by atoms with Crippen molar-refractivity contribution >= 4 is 16.7 Å². The van der Waals surface area contributed by atoms with Crippen molar-refractivity contribution in [3.8, 4) is 0 Å². The number of benzene rings is 1. The average molecular weight is 353 g/mol. The second-order valence-corrected chi connectivity index (χ2v) is 6.76. The maximum absolute atomic E-state index is 13.3. The summed E-state index contributed by atoms with van der Waals surface area (Å²) in [7, 11) is 0. The minimum Gasteiger partial charge on any atom is -0.356 e. The van der Waals surface area contributed by atoms with E-state index in [1.165, 1.54) is 24.5 Å². The molecule has 1 fully saturated rings. The van der Waals surface area contributed by atoms with Crippen LogP contribution in [-0.2, 0) is 6.54 Å². The number of rotatable bonds is 3. The van der Waals surface area contributed by atoms with Gasteiger partial charge in [-0.1, -0.05) is 0 Å². The van der Waals surface area contributed by atoms with Crippen LogP contribution in [0.1, 0.15) is 18.7 Å². The van der Waals surface area contributed by atoms with Crippen molar-refractivity contribution in [3.05, 3.63) is 58.8 Å². The van der Waals surface area contributed by atoms with E-state index in [2.05, 4.69) is 19.9 Å². The Balaban J connectivity index is 1.46. The average Bonchev–Trinajstić information content (AvgIpc) is 2.64. The lowest BCUT2D eigenvalue weighted by molar-refractivity contribution is 0.351. The molecule has 1 aromatic carbocycles. The van der Waals surface area contributed by atoms with E-state index in [9.17, 15) is 9.18 Å². The van der Waals surface area contributed by atoms with Crippen LogP contribution in [0.4, 0.5) is 10.2 Å². The summed E-state index contributed by atoms with van der Waals surface area (Å²) in [5.74, 6) is 1.76. The Morgan fingerprint density at radius 2 is 2.00 bits per heavy atom. The van der Waals surface area contributed by atoms with Crippen LogP contribution in [0.5, 0.6) is 0 Å². The van der Waals surface area contributed by atoms with Crippen molar-refractivity contribution in [3.63, 3.8) is 0 Å². The van der Waals surface area contributed by atoms with Gasteiger partial charge >= 0.3 is 0 Å². The zero-order valence-electron chi connectivity index (χ0n) is 14.6. The lowest BCUT2D eigenvalue weighted by Gasteiger charge is -2.33. The summed E-state index contributed by atoms with van der Waals surface area (Å²) in [6.45, 7) is 4.33. The highest BCUT2D eigenvalue weighted by Gasteiger charge is 2.21. The number of aromatic nitrogens is 4. The summed E-state index contributed by atoms with van der Waals surface area (Å²) in [5.41, 5.74) is 0.295. The quantitative estimate of drug-likeness (QED) is 0.724. The SMILES string of the molecule is Cc1nccc(N2CCC(Cn3cnc4cc(F)ccc4c3=O)CC2)n1. The van der Waals surface area contributed by atoms with Crippen molar-refractivity contribution < 1.29 is 4.39 Å². The first-order chi connectivity index (χ1) is 12.6. The van der Waals surface area contributed by atoms with E-state index in [-0.39, 0.29) is 11.4 Å². The van der Waals surface area contributed by atoms with Crippen molar-refractivity contribution in [2.75, 3.05) is 18.0 Å². The van der Waals surface area contributed by atoms with Gasteiger partial charge in [0.25, 0.3) is 5.56 Å². The molecule has 0 aliphatic carbocycles. The van der Waals surface area contributed by atoms with Crippen molar-refractivity contribution in [2.45, 2.75) is 26.3 Å². The number of aryl methyl sites for hydroxylation is 1. The number of anilines is 1. The molecule has 0 bridgehead atoms. The Morgan fingerprint density at radius 1 is 1.19 bits per heavy atom. The normalized spacial score (nSPS) is 15.5. The summed E-state index contributed by atoms with van der Waals surface area (Å²) in [6.07, 6.45) is 5.28. The Labute approximate surface area is 150 Å². The fraction of sp³-hybridized carbons (Fsp3) is 0.368. The third-order valence-corrected chi connectivity index (χ3v) is 4.94. The molecule has 0 amide bonds. The van der Waals surface area contributed by atoms with Gasteiger partial charge in [-0.15, -0.1) is 0 Å². The van der Waals surface area contributed by atoms with E-state index >= 15 is 0 Å². The van der Waals surface area contributed by atoms with Gasteiger partial charge in [0, 0.05) is 31.9 Å². The van der Waals surface area contributed by atoms with Gasteiger partial charge in [0.2, 0.25) is 0 Å². The molecule has 4 rings (SSSR count). The van der Waals surface area contributed by atoms with Crippen LogP contribution < -0.4 is 10.5 Å². The largest absolute Gasteiger partial charge is 0.356 e. The van der Waals surface area contributed by atoms with Gasteiger partial charge in [0.05, 0.1) is 17.2 Å². The second-order valence-electron chi connectivity index (χ2n) is 6.76. The molecular formula is C19H20FN5O. The molecule has 7 heteroatoms. The first-order valence-corrected chi connectivity index (χ1v) is 8.79. The summed E-state index contributed by atoms with van der Waals surface area (Å²) < 4.78 is 14.9. The van der Waals surface area contributed by atoms with Crippen molar-refractivity contribution in [2.24, 2.45) is 5.92 Å². The minimum absolute atomic E-state index is 0.108. The third kappa shape index (κ3) is 3.29. The van der Waals surface area contributed by atoms with Gasteiger partial charge in [0.1, 0.15) is 17.5 Å². The molecule has 2 aromatic heterocycles. The van der Waals surface area contributed by atoms with E-state index in [0.717, 1.165) is 37.6 Å². The highest BCUT2D eigenvalue weighted by Crippen LogP contribution is 2.22. The summed E-state index contributed by atoms with van der Waals surface area (Å²) in [5, 5.41) is 0.461. The summed E-state index contributed by atoms with van der Waals surface area (Å²) in [4.78, 5) is 27.7. The molecule has 0 unspecified atom stereocenters. The molecule has 1 aliphatic heterocycles. The minimum atomic E-state index is -0.380. The molecule has 26 heavy (non-hydrogen) atoms. The monoisotopic (exact) mass is 353 g/mol. The van der Waals surface area contributed by atoms with Gasteiger partial charge in [0.15, 0.2) is 0 Å². The predicted octanol–water partition coefficient (Wildman–Crippen LogP) is 2.55. The van der Waals surface area contributed by atoms with Crippen LogP contribution in [0.15, 0.2) is 41.6 Å². The van der Waals surface area contributed by atoms with E-state index in [1.54, 1.807) is 10.8 Å². The Morgan fingerprint density at radius 3 is 2.77 bits per heavy atom. The second kappa shape index (κ2) is 6.82. The van der Waals surface area contributed by atoms with Gasteiger partial charge in [-0.3, -0.25) is 9.36 Å². The number of fused-ring (bicyclic) bond motifs is 1. The van der Waals surface area contributed by atoms with Crippen LogP contribution in [0, 0.1) is 18.7 Å². The van der Waals surface area contributed by atoms with E-state index < -0.39 is 0 Å². The molecule has 0 spiro atoms. The Hall–Kier alpha value is -2.83. The highest BCUT2D eigenvalue weighted by molar-refractivity contribution is 5.77. The first kappa shape index (κ1) is 16.6. The van der Waals surface area contributed by atoms with Crippen LogP contribution in [0.2, 0.25) is 0 Å². The topological polar surface area (TPSA) is 63.9 Å². The van der Waals surface area contributed by atoms with Gasteiger partial charge in [-0.25, -0.2) is 19.3 Å². The molecule has 0 saturated carbocycles. The highest BCUT2D eigenvalue weighted by atomic mass is 19.1. The Kier molecular flexibility index (Phi) is 4.36. The predicted molar refractivity (Wildman–Crippen MR) is 97.7 cm³/mol. The molecule has 134 valence electrons. The van der Waals surface area contributed by atoms with Gasteiger partial charge in [-0.05, 0) is 43.9 Å². The molecule has 1 aliphatic rings. The molecular weight excluding hydrogens is 333 g/mol. The van der Waals surface area contributed by atoms with Crippen molar-refractivity contribution in [1.29, 1.82) is 0 Å². The van der Waals surface area contributed by atoms with E-state index in [0.29, 0.717) is 23.4 Å². The summed E-state index contributed by atoms with van der Waals surface area (Å²) in [6, 6.07) is 6.04. The third-order valence-electron chi connectivity index (χ3n) is 4.94. The lowest BCUT2D eigenvalue weighted by Crippen LogP contribution is -2.37. The van der Waals surface area contributed by atoms with Gasteiger partial charge < -0.3 is 4.90 Å². The number of hydrogen-bond donors (Lipinski definition) is 0. The standard InChI is InChI=1S/C19H20FN5O/c1-13-21-7-4-18(23-13)24-8-5-14(6-9-24)11-25-12-22-17-10-15(20)2-3-16(17)19(25)26/h2-4,7,10,12,14H,5-6,8-9,11H2,1H3. The van der Waals surface area contributed by atoms with Crippen molar-refractivity contribution in [1.82, 2.24) is 19.5 Å². The number of hydrogen-bond acceptors (Lipinski definition) is 5. The zero-order valence-corrected chi connectivity index (χ0v) is 14.6. The van der Waals surface area contributed by atoms with Gasteiger partial charge in [-0.2, -0.15) is 0 Å². The smallest absolute Gasteiger partial charge is 0.261 e. The number of nitrogens with zero attached hydrogens (tertiary/aromatic N) is 5. The fourth-order valence-corrected chi connectivity index (χ4v) is 3.50. The molecule has 0 radical (unpaired) electrons. The number of piperidine rings is 1. The zero-order chi connectivity index (χ0) is 18.1. The number of halogens is 1. The van der Waals surface area contributed by atoms with Crippen LogP contribution in [0.25, 0.3) is 10.9 Å². The van der Waals surface area contributed by atoms with E-state index in [4.69, 9.17) is 0 Å². The Bertz CT molecular complexity index is 995. The van der Waals surface area contributed by atoms with Crippen LogP contribution in [-0.4, -0.2) is 32.6 Å². The van der Waals surface area contributed by atoms with Crippen LogP contribution in [0.3, 0.4) is 0 Å². The molecule has 1 saturated heterocycles. The van der Waals surface area contributed by atoms with E-state index in [1.807, 2.05) is 13.0 Å². The van der Waals surface area contributed by atoms with Crippen LogP contribution >= 0.6 is 0 Å². The fourth-order valence-electron chi connectivity index (χ4n) is 3.50. The molecule has 3 aromatic rings. The molecule has 6 nitrogen and oxygen atoms in total. The maximum atomic E-state index is 13.3. The first-order valence-electron chi connectivity index (χ1n) is 8.79. The lowest BCUT2D eigenvalue weighted by atomic mass is 9.96.